The van der Waals surface area contributed by atoms with Crippen molar-refractivity contribution in [1.82, 2.24) is 4.90 Å². The largest absolute Gasteiger partial charge is 0.481 e. The van der Waals surface area contributed by atoms with Crippen LogP contribution in [0.3, 0.4) is 0 Å². The molecular weight excluding hydrogens is 306 g/mol. The van der Waals surface area contributed by atoms with Gasteiger partial charge in [0, 0.05) is 23.5 Å². The highest BCUT2D eigenvalue weighted by Gasteiger charge is 2.37. The predicted molar refractivity (Wildman–Crippen MR) is 91.3 cm³/mol. The van der Waals surface area contributed by atoms with Crippen LogP contribution in [0.5, 0.6) is 0 Å². The Morgan fingerprint density at radius 2 is 1.88 bits per heavy atom. The Morgan fingerprint density at radius 3 is 2.50 bits per heavy atom. The van der Waals surface area contributed by atoms with E-state index >= 15 is 0 Å². The molecule has 3 rings (SSSR count). The normalized spacial score (nSPS) is 21.2. The summed E-state index contributed by atoms with van der Waals surface area (Å²) in [5.74, 6) is -1.23. The van der Waals surface area contributed by atoms with Gasteiger partial charge < -0.3 is 14.4 Å². The number of benzene rings is 1. The van der Waals surface area contributed by atoms with E-state index in [1.165, 1.54) is 0 Å². The maximum atomic E-state index is 13.0. The van der Waals surface area contributed by atoms with E-state index in [1.807, 2.05) is 39.8 Å². The molecule has 1 aliphatic heterocycles. The third kappa shape index (κ3) is 2.48. The van der Waals surface area contributed by atoms with Crippen molar-refractivity contribution < 1.29 is 19.1 Å². The number of aryl methyl sites for hydroxylation is 3. The SMILES string of the molecule is Cc1ccc(C)c2c(C)c(C(=O)N3CCC[C@@H](C(=O)O)[C@H]3C)oc12. The molecule has 0 aliphatic carbocycles. The molecule has 5 heteroatoms. The zero-order valence-electron chi connectivity index (χ0n) is 14.5. The van der Waals surface area contributed by atoms with Gasteiger partial charge in [-0.1, -0.05) is 12.1 Å². The molecule has 1 aromatic carbocycles. The number of carbonyl (C=O) groups is 2. The predicted octanol–water partition coefficient (Wildman–Crippen LogP) is 3.68. The number of carboxylic acid groups (broad SMARTS) is 1. The summed E-state index contributed by atoms with van der Waals surface area (Å²) in [5.41, 5.74) is 3.65. The van der Waals surface area contributed by atoms with Crippen LogP contribution in [0.25, 0.3) is 11.0 Å². The molecule has 1 fully saturated rings. The van der Waals surface area contributed by atoms with E-state index in [0.29, 0.717) is 25.1 Å². The first kappa shape index (κ1) is 16.6. The average molecular weight is 329 g/mol. The van der Waals surface area contributed by atoms with Crippen LogP contribution in [0.4, 0.5) is 0 Å². The van der Waals surface area contributed by atoms with Gasteiger partial charge in [0.05, 0.1) is 5.92 Å². The second-order valence-corrected chi connectivity index (χ2v) is 6.79. The highest BCUT2D eigenvalue weighted by atomic mass is 16.4. The lowest BCUT2D eigenvalue weighted by molar-refractivity contribution is -0.145. The van der Waals surface area contributed by atoms with Crippen LogP contribution >= 0.6 is 0 Å². The van der Waals surface area contributed by atoms with Crippen molar-refractivity contribution in [2.24, 2.45) is 5.92 Å². The van der Waals surface area contributed by atoms with Gasteiger partial charge in [0.1, 0.15) is 5.58 Å². The van der Waals surface area contributed by atoms with Crippen molar-refractivity contribution in [3.63, 3.8) is 0 Å². The van der Waals surface area contributed by atoms with Gasteiger partial charge in [0.25, 0.3) is 5.91 Å². The molecule has 0 saturated carbocycles. The van der Waals surface area contributed by atoms with Gasteiger partial charge in [-0.25, -0.2) is 0 Å². The quantitative estimate of drug-likeness (QED) is 0.912. The standard InChI is InChI=1S/C19H23NO4/c1-10-7-8-11(2)16-15(10)12(3)17(24-16)18(21)20-9-5-6-14(13(20)4)19(22)23/h7-8,13-14H,5-6,9H2,1-4H3,(H,22,23)/t13-,14-/m1/s1. The summed E-state index contributed by atoms with van der Waals surface area (Å²) in [4.78, 5) is 26.1. The van der Waals surface area contributed by atoms with Crippen LogP contribution in [0, 0.1) is 26.7 Å². The van der Waals surface area contributed by atoms with E-state index in [9.17, 15) is 14.7 Å². The zero-order valence-corrected chi connectivity index (χ0v) is 14.5. The molecule has 2 aromatic rings. The van der Waals surface area contributed by atoms with Crippen LogP contribution in [0.2, 0.25) is 0 Å². The number of piperidine rings is 1. The molecule has 0 unspecified atom stereocenters. The van der Waals surface area contributed by atoms with Crippen LogP contribution in [-0.4, -0.2) is 34.5 Å². The van der Waals surface area contributed by atoms with Gasteiger partial charge in [0.15, 0.2) is 5.76 Å². The second kappa shape index (κ2) is 5.96. The number of rotatable bonds is 2. The van der Waals surface area contributed by atoms with Crippen LogP contribution in [0.1, 0.15) is 47.0 Å². The number of fused-ring (bicyclic) bond motifs is 1. The molecule has 1 aliphatic rings. The minimum absolute atomic E-state index is 0.207. The third-order valence-electron chi connectivity index (χ3n) is 5.24. The number of likely N-dealkylation sites (tertiary alicyclic amines) is 1. The number of nitrogens with zero attached hydrogens (tertiary/aromatic N) is 1. The fraction of sp³-hybridized carbons (Fsp3) is 0.474. The van der Waals surface area contributed by atoms with Gasteiger partial charge >= 0.3 is 5.97 Å². The van der Waals surface area contributed by atoms with Crippen LogP contribution in [-0.2, 0) is 4.79 Å². The zero-order chi connectivity index (χ0) is 17.6. The van der Waals surface area contributed by atoms with E-state index < -0.39 is 11.9 Å². The van der Waals surface area contributed by atoms with Crippen molar-refractivity contribution in [3.05, 3.63) is 34.6 Å². The Bertz CT molecular complexity index is 820. The third-order valence-corrected chi connectivity index (χ3v) is 5.24. The lowest BCUT2D eigenvalue weighted by Crippen LogP contribution is -2.49. The first-order chi connectivity index (χ1) is 11.3. The Hall–Kier alpha value is -2.30. The number of carboxylic acids is 1. The summed E-state index contributed by atoms with van der Waals surface area (Å²) in [6.07, 6.45) is 1.31. The summed E-state index contributed by atoms with van der Waals surface area (Å²) < 4.78 is 5.93. The van der Waals surface area contributed by atoms with Crippen molar-refractivity contribution in [1.29, 1.82) is 0 Å². The van der Waals surface area contributed by atoms with Gasteiger partial charge in [-0.15, -0.1) is 0 Å². The summed E-state index contributed by atoms with van der Waals surface area (Å²) in [6.45, 7) is 8.24. The van der Waals surface area contributed by atoms with Gasteiger partial charge in [0.2, 0.25) is 0 Å². The summed E-state index contributed by atoms with van der Waals surface area (Å²) in [5, 5.41) is 10.3. The van der Waals surface area contributed by atoms with E-state index in [1.54, 1.807) is 4.90 Å². The first-order valence-corrected chi connectivity index (χ1v) is 8.36. The summed E-state index contributed by atoms with van der Waals surface area (Å²) in [7, 11) is 0. The van der Waals surface area contributed by atoms with E-state index in [4.69, 9.17) is 4.42 Å². The number of furan rings is 1. The number of carbonyl (C=O) groups excluding carboxylic acids is 1. The Kier molecular flexibility index (Phi) is 4.11. The lowest BCUT2D eigenvalue weighted by Gasteiger charge is -2.37. The highest BCUT2D eigenvalue weighted by Crippen LogP contribution is 2.33. The summed E-state index contributed by atoms with van der Waals surface area (Å²) in [6, 6.07) is 3.68. The van der Waals surface area contributed by atoms with Gasteiger partial charge in [-0.05, 0) is 51.7 Å². The molecule has 1 amide bonds. The monoisotopic (exact) mass is 329 g/mol. The number of aliphatic carboxylic acids is 1. The number of amides is 1. The first-order valence-electron chi connectivity index (χ1n) is 8.36. The van der Waals surface area contributed by atoms with E-state index in [-0.39, 0.29) is 11.9 Å². The highest BCUT2D eigenvalue weighted by molar-refractivity contribution is 6.00. The maximum absolute atomic E-state index is 13.0. The average Bonchev–Trinajstić information content (AvgIpc) is 2.89. The Labute approximate surface area is 141 Å². The molecule has 1 saturated heterocycles. The summed E-state index contributed by atoms with van der Waals surface area (Å²) >= 11 is 0. The molecule has 1 N–H and O–H groups in total. The van der Waals surface area contributed by atoms with Gasteiger partial charge in [-0.3, -0.25) is 9.59 Å². The molecule has 24 heavy (non-hydrogen) atoms. The van der Waals surface area contributed by atoms with Crippen molar-refractivity contribution in [3.8, 4) is 0 Å². The number of hydrogen-bond acceptors (Lipinski definition) is 3. The molecule has 0 radical (unpaired) electrons. The molecule has 5 nitrogen and oxygen atoms in total. The van der Waals surface area contributed by atoms with Crippen LogP contribution < -0.4 is 0 Å². The van der Waals surface area contributed by atoms with Gasteiger partial charge in [-0.2, -0.15) is 0 Å². The molecule has 0 spiro atoms. The second-order valence-electron chi connectivity index (χ2n) is 6.79. The van der Waals surface area contributed by atoms with E-state index in [0.717, 1.165) is 27.7 Å². The molecular formula is C19H23NO4. The minimum Gasteiger partial charge on any atom is -0.481 e. The fourth-order valence-electron chi connectivity index (χ4n) is 3.77. The van der Waals surface area contributed by atoms with Crippen LogP contribution in [0.15, 0.2) is 16.5 Å². The van der Waals surface area contributed by atoms with Crippen molar-refractivity contribution in [2.45, 2.75) is 46.6 Å². The molecule has 128 valence electrons. The van der Waals surface area contributed by atoms with Crippen molar-refractivity contribution in [2.75, 3.05) is 6.54 Å². The van der Waals surface area contributed by atoms with Crippen molar-refractivity contribution >= 4 is 22.8 Å². The fourth-order valence-corrected chi connectivity index (χ4v) is 3.77. The molecule has 2 atom stereocenters. The Morgan fingerprint density at radius 1 is 1.21 bits per heavy atom. The minimum atomic E-state index is -0.840. The Balaban J connectivity index is 2.03. The topological polar surface area (TPSA) is 70.8 Å². The maximum Gasteiger partial charge on any atom is 0.308 e. The smallest absolute Gasteiger partial charge is 0.308 e. The lowest BCUT2D eigenvalue weighted by atomic mass is 9.90. The molecule has 0 bridgehead atoms. The number of hydrogen-bond donors (Lipinski definition) is 1. The molecule has 1 aromatic heterocycles. The molecule has 2 heterocycles. The van der Waals surface area contributed by atoms with E-state index in [2.05, 4.69) is 0 Å².